The first-order valence-corrected chi connectivity index (χ1v) is 8.75. The Balaban J connectivity index is 1.79. The molecule has 3 N–H and O–H groups in total. The van der Waals surface area contributed by atoms with Crippen LogP contribution in [0.5, 0.6) is 0 Å². The van der Waals surface area contributed by atoms with E-state index in [4.69, 9.17) is 4.74 Å². The summed E-state index contributed by atoms with van der Waals surface area (Å²) in [6.07, 6.45) is 0. The predicted octanol–water partition coefficient (Wildman–Crippen LogP) is 2.62. The summed E-state index contributed by atoms with van der Waals surface area (Å²) in [5, 5.41) is 11.1. The summed E-state index contributed by atoms with van der Waals surface area (Å²) >= 11 is 0. The molecule has 1 aliphatic rings. The average Bonchev–Trinajstić information content (AvgIpc) is 2.66. The molecule has 0 saturated carbocycles. The van der Waals surface area contributed by atoms with E-state index < -0.39 is 5.97 Å². The monoisotopic (exact) mass is 353 g/mol. The summed E-state index contributed by atoms with van der Waals surface area (Å²) in [6.45, 7) is 4.66. The van der Waals surface area contributed by atoms with E-state index in [1.165, 1.54) is 16.3 Å². The van der Waals surface area contributed by atoms with Gasteiger partial charge in [0.1, 0.15) is 0 Å². The zero-order valence-electron chi connectivity index (χ0n) is 15.0. The molecule has 26 heavy (non-hydrogen) atoms. The van der Waals surface area contributed by atoms with Gasteiger partial charge in [0.25, 0.3) is 0 Å². The van der Waals surface area contributed by atoms with Gasteiger partial charge in [0.05, 0.1) is 18.7 Å². The van der Waals surface area contributed by atoms with E-state index in [2.05, 4.69) is 47.1 Å². The molecule has 0 radical (unpaired) electrons. The summed E-state index contributed by atoms with van der Waals surface area (Å²) in [6, 6.07) is 14.2. The van der Waals surface area contributed by atoms with Crippen LogP contribution in [-0.2, 0) is 9.53 Å². The van der Waals surface area contributed by atoms with Crippen molar-refractivity contribution in [3.05, 3.63) is 59.3 Å². The van der Waals surface area contributed by atoms with Gasteiger partial charge in [0.2, 0.25) is 0 Å². The SMILES string of the molecule is CCOC(=O)C1=C(CN[C@@H](C)c2cccc3ccccc23)NC(=O)NC1. The van der Waals surface area contributed by atoms with Crippen molar-refractivity contribution < 1.29 is 14.3 Å². The Kier molecular flexibility index (Phi) is 5.53. The van der Waals surface area contributed by atoms with Crippen molar-refractivity contribution in [1.82, 2.24) is 16.0 Å². The fourth-order valence-corrected chi connectivity index (χ4v) is 3.09. The van der Waals surface area contributed by atoms with Crippen molar-refractivity contribution in [2.45, 2.75) is 19.9 Å². The summed E-state index contributed by atoms with van der Waals surface area (Å²) in [5.41, 5.74) is 2.17. The number of amides is 2. The first-order valence-electron chi connectivity index (χ1n) is 8.75. The van der Waals surface area contributed by atoms with Crippen molar-refractivity contribution >= 4 is 22.8 Å². The number of carbonyl (C=O) groups is 2. The number of fused-ring (bicyclic) bond motifs is 1. The molecule has 3 rings (SSSR count). The first-order chi connectivity index (χ1) is 12.6. The Morgan fingerprint density at radius 1 is 1.23 bits per heavy atom. The molecule has 2 aromatic rings. The highest BCUT2D eigenvalue weighted by atomic mass is 16.5. The summed E-state index contributed by atoms with van der Waals surface area (Å²) < 4.78 is 5.08. The van der Waals surface area contributed by atoms with Crippen LogP contribution < -0.4 is 16.0 Å². The maximum Gasteiger partial charge on any atom is 0.337 e. The molecule has 0 unspecified atom stereocenters. The molecule has 1 heterocycles. The van der Waals surface area contributed by atoms with Crippen LogP contribution in [-0.4, -0.2) is 31.7 Å². The lowest BCUT2D eigenvalue weighted by Gasteiger charge is -2.23. The topological polar surface area (TPSA) is 79.5 Å². The van der Waals surface area contributed by atoms with Gasteiger partial charge >= 0.3 is 12.0 Å². The number of ether oxygens (including phenoxy) is 1. The Bertz CT molecular complexity index is 855. The zero-order valence-corrected chi connectivity index (χ0v) is 15.0. The van der Waals surface area contributed by atoms with E-state index in [1.54, 1.807) is 6.92 Å². The first kappa shape index (κ1) is 17.9. The van der Waals surface area contributed by atoms with Crippen molar-refractivity contribution in [3.8, 4) is 0 Å². The fourth-order valence-electron chi connectivity index (χ4n) is 3.09. The fraction of sp³-hybridized carbons (Fsp3) is 0.300. The summed E-state index contributed by atoms with van der Waals surface area (Å²) in [7, 11) is 0. The molecule has 136 valence electrons. The minimum Gasteiger partial charge on any atom is -0.463 e. The maximum atomic E-state index is 12.1. The average molecular weight is 353 g/mol. The van der Waals surface area contributed by atoms with Gasteiger partial charge in [0, 0.05) is 18.3 Å². The van der Waals surface area contributed by atoms with Gasteiger partial charge in [-0.3, -0.25) is 0 Å². The molecule has 0 saturated heterocycles. The van der Waals surface area contributed by atoms with Crippen molar-refractivity contribution in [2.75, 3.05) is 19.7 Å². The highest BCUT2D eigenvalue weighted by Gasteiger charge is 2.23. The number of hydrogen-bond acceptors (Lipinski definition) is 4. The van der Waals surface area contributed by atoms with Gasteiger partial charge < -0.3 is 20.7 Å². The molecule has 6 nitrogen and oxygen atoms in total. The molecule has 0 fully saturated rings. The lowest BCUT2D eigenvalue weighted by molar-refractivity contribution is -0.138. The number of benzene rings is 2. The van der Waals surface area contributed by atoms with E-state index in [0.717, 1.165) is 0 Å². The van der Waals surface area contributed by atoms with Crippen LogP contribution in [0.25, 0.3) is 10.8 Å². The maximum absolute atomic E-state index is 12.1. The highest BCUT2D eigenvalue weighted by molar-refractivity contribution is 5.93. The van der Waals surface area contributed by atoms with Crippen LogP contribution in [0.15, 0.2) is 53.7 Å². The van der Waals surface area contributed by atoms with Crippen LogP contribution in [0.4, 0.5) is 4.79 Å². The van der Waals surface area contributed by atoms with Gasteiger partial charge in [0.15, 0.2) is 0 Å². The van der Waals surface area contributed by atoms with E-state index in [1.807, 2.05) is 18.2 Å². The molecule has 0 bridgehead atoms. The van der Waals surface area contributed by atoms with Crippen LogP contribution >= 0.6 is 0 Å². The largest absolute Gasteiger partial charge is 0.463 e. The van der Waals surface area contributed by atoms with Gasteiger partial charge in [-0.2, -0.15) is 0 Å². The second kappa shape index (κ2) is 8.01. The second-order valence-corrected chi connectivity index (χ2v) is 6.16. The summed E-state index contributed by atoms with van der Waals surface area (Å²) in [5.74, 6) is -0.408. The van der Waals surface area contributed by atoms with Crippen molar-refractivity contribution in [2.24, 2.45) is 0 Å². The van der Waals surface area contributed by atoms with Gasteiger partial charge in [-0.15, -0.1) is 0 Å². The Labute approximate surface area is 152 Å². The molecule has 1 aliphatic heterocycles. The number of hydrogen-bond donors (Lipinski definition) is 3. The number of nitrogens with one attached hydrogen (secondary N) is 3. The molecule has 2 amide bonds. The third kappa shape index (κ3) is 3.86. The van der Waals surface area contributed by atoms with Gasteiger partial charge in [-0.1, -0.05) is 42.5 Å². The Morgan fingerprint density at radius 2 is 2.00 bits per heavy atom. The van der Waals surface area contributed by atoms with Crippen molar-refractivity contribution in [1.29, 1.82) is 0 Å². The van der Waals surface area contributed by atoms with Gasteiger partial charge in [-0.05, 0) is 30.2 Å². The minimum atomic E-state index is -0.408. The van der Waals surface area contributed by atoms with E-state index in [-0.39, 0.29) is 18.6 Å². The molecule has 6 heteroatoms. The molecular weight excluding hydrogens is 330 g/mol. The Hall–Kier alpha value is -2.86. The third-order valence-electron chi connectivity index (χ3n) is 4.45. The molecule has 0 aliphatic carbocycles. The Morgan fingerprint density at radius 3 is 2.81 bits per heavy atom. The van der Waals surface area contributed by atoms with Crippen molar-refractivity contribution in [3.63, 3.8) is 0 Å². The van der Waals surface area contributed by atoms with Gasteiger partial charge in [-0.25, -0.2) is 9.59 Å². The predicted molar refractivity (Wildman–Crippen MR) is 101 cm³/mol. The number of urea groups is 1. The van der Waals surface area contributed by atoms with Crippen LogP contribution in [0, 0.1) is 0 Å². The summed E-state index contributed by atoms with van der Waals surface area (Å²) in [4.78, 5) is 23.8. The van der Waals surface area contributed by atoms with E-state index >= 15 is 0 Å². The standard InChI is InChI=1S/C20H23N3O3/c1-3-26-19(24)17-11-22-20(25)23-18(17)12-21-13(2)15-10-6-8-14-7-4-5-9-16(14)15/h4-10,13,21H,3,11-12H2,1-2H3,(H2,22,23,25)/t13-/m0/s1. The number of esters is 1. The minimum absolute atomic E-state index is 0.0452. The lowest BCUT2D eigenvalue weighted by Crippen LogP contribution is -2.46. The van der Waals surface area contributed by atoms with Crippen LogP contribution in [0.3, 0.4) is 0 Å². The number of carbonyl (C=O) groups excluding carboxylic acids is 2. The molecule has 1 atom stereocenters. The van der Waals surface area contributed by atoms with E-state index in [9.17, 15) is 9.59 Å². The van der Waals surface area contributed by atoms with Crippen LogP contribution in [0.1, 0.15) is 25.5 Å². The van der Waals surface area contributed by atoms with Crippen LogP contribution in [0.2, 0.25) is 0 Å². The molecule has 0 spiro atoms. The second-order valence-electron chi connectivity index (χ2n) is 6.16. The van der Waals surface area contributed by atoms with E-state index in [0.29, 0.717) is 24.4 Å². The highest BCUT2D eigenvalue weighted by Crippen LogP contribution is 2.24. The third-order valence-corrected chi connectivity index (χ3v) is 4.45. The lowest BCUT2D eigenvalue weighted by atomic mass is 9.99. The zero-order chi connectivity index (χ0) is 18.5. The molecule has 2 aromatic carbocycles. The normalized spacial score (nSPS) is 15.4. The molecule has 0 aromatic heterocycles. The smallest absolute Gasteiger partial charge is 0.337 e. The quantitative estimate of drug-likeness (QED) is 0.698. The molecular formula is C20H23N3O3. The number of rotatable bonds is 6.